The fourth-order valence-corrected chi connectivity index (χ4v) is 3.16. The second-order valence-electron chi connectivity index (χ2n) is 7.86. The van der Waals surface area contributed by atoms with E-state index in [9.17, 15) is 14.7 Å². The van der Waals surface area contributed by atoms with Gasteiger partial charge >= 0.3 is 5.97 Å². The van der Waals surface area contributed by atoms with Crippen LogP contribution in [-0.2, 0) is 14.3 Å². The highest BCUT2D eigenvalue weighted by atomic mass is 16.5. The Morgan fingerprint density at radius 2 is 1.88 bits per heavy atom. The zero-order valence-electron chi connectivity index (χ0n) is 15.3. The minimum absolute atomic E-state index is 0.181. The summed E-state index contributed by atoms with van der Waals surface area (Å²) >= 11 is 0. The Hall–Kier alpha value is -1.88. The van der Waals surface area contributed by atoms with Crippen molar-refractivity contribution < 1.29 is 19.4 Å². The van der Waals surface area contributed by atoms with Crippen molar-refractivity contribution in [3.63, 3.8) is 0 Å². The van der Waals surface area contributed by atoms with Crippen molar-refractivity contribution in [1.29, 1.82) is 0 Å². The van der Waals surface area contributed by atoms with Crippen LogP contribution in [0.15, 0.2) is 30.3 Å². The van der Waals surface area contributed by atoms with Crippen molar-refractivity contribution in [3.8, 4) is 0 Å². The molecule has 1 atom stereocenters. The van der Waals surface area contributed by atoms with Gasteiger partial charge in [-0.25, -0.2) is 4.79 Å². The molecule has 0 bridgehead atoms. The molecule has 1 fully saturated rings. The van der Waals surface area contributed by atoms with Gasteiger partial charge < -0.3 is 15.2 Å². The maximum atomic E-state index is 12.1. The number of carboxylic acid groups (broad SMARTS) is 1. The molecule has 1 aliphatic rings. The zero-order chi connectivity index (χ0) is 18.4. The van der Waals surface area contributed by atoms with Gasteiger partial charge in [0.2, 0.25) is 5.91 Å². The molecule has 0 aromatic heterocycles. The number of hydrogen-bond acceptors (Lipinski definition) is 3. The molecule has 5 heteroatoms. The zero-order valence-corrected chi connectivity index (χ0v) is 15.3. The molecule has 1 amide bonds. The summed E-state index contributed by atoms with van der Waals surface area (Å²) < 4.78 is 5.55. The van der Waals surface area contributed by atoms with Crippen LogP contribution in [0.3, 0.4) is 0 Å². The number of benzene rings is 1. The number of carbonyl (C=O) groups is 2. The molecule has 25 heavy (non-hydrogen) atoms. The molecule has 5 nitrogen and oxygen atoms in total. The van der Waals surface area contributed by atoms with Gasteiger partial charge in [-0.15, -0.1) is 0 Å². The monoisotopic (exact) mass is 347 g/mol. The Balaban J connectivity index is 1.72. The van der Waals surface area contributed by atoms with E-state index in [2.05, 4.69) is 17.4 Å². The molecule has 1 saturated carbocycles. The third kappa shape index (κ3) is 6.50. The molecule has 0 saturated heterocycles. The highest BCUT2D eigenvalue weighted by Crippen LogP contribution is 2.43. The molecular formula is C20H29NO4. The van der Waals surface area contributed by atoms with E-state index in [1.54, 1.807) is 0 Å². The number of amides is 1. The lowest BCUT2D eigenvalue weighted by molar-refractivity contribution is -0.143. The number of hydrogen-bond donors (Lipinski definition) is 2. The van der Waals surface area contributed by atoms with Crippen LogP contribution in [0.4, 0.5) is 0 Å². The molecule has 138 valence electrons. The Morgan fingerprint density at radius 3 is 2.44 bits per heavy atom. The summed E-state index contributed by atoms with van der Waals surface area (Å²) in [6, 6.07) is 9.43. The van der Waals surface area contributed by atoms with Gasteiger partial charge in [-0.1, -0.05) is 30.3 Å². The summed E-state index contributed by atoms with van der Waals surface area (Å²) in [5, 5.41) is 11.9. The highest BCUT2D eigenvalue weighted by molar-refractivity contribution is 5.83. The van der Waals surface area contributed by atoms with Gasteiger partial charge in [-0.05, 0) is 51.0 Å². The van der Waals surface area contributed by atoms with E-state index in [0.29, 0.717) is 24.9 Å². The predicted octanol–water partition coefficient (Wildman–Crippen LogP) is 3.34. The van der Waals surface area contributed by atoms with Gasteiger partial charge in [-0.2, -0.15) is 0 Å². The van der Waals surface area contributed by atoms with Crippen molar-refractivity contribution in [3.05, 3.63) is 35.9 Å². The van der Waals surface area contributed by atoms with Crippen molar-refractivity contribution in [2.75, 3.05) is 6.61 Å². The number of nitrogens with one attached hydrogen (secondary N) is 1. The molecule has 0 heterocycles. The van der Waals surface area contributed by atoms with E-state index in [1.807, 2.05) is 39.0 Å². The average Bonchev–Trinajstić information content (AvgIpc) is 2.49. The van der Waals surface area contributed by atoms with Crippen LogP contribution in [0.5, 0.6) is 0 Å². The molecule has 1 aliphatic carbocycles. The Morgan fingerprint density at radius 1 is 1.24 bits per heavy atom. The van der Waals surface area contributed by atoms with Gasteiger partial charge in [0.15, 0.2) is 0 Å². The van der Waals surface area contributed by atoms with E-state index in [1.165, 1.54) is 5.56 Å². The molecule has 1 aromatic rings. The van der Waals surface area contributed by atoms with Gasteiger partial charge in [-0.3, -0.25) is 4.79 Å². The smallest absolute Gasteiger partial charge is 0.326 e. The minimum Gasteiger partial charge on any atom is -0.480 e. The quantitative estimate of drug-likeness (QED) is 0.756. The summed E-state index contributed by atoms with van der Waals surface area (Å²) in [6.45, 7) is 6.06. The Kier molecular flexibility index (Phi) is 6.59. The van der Waals surface area contributed by atoms with E-state index < -0.39 is 12.0 Å². The number of aliphatic carboxylic acids is 1. The largest absolute Gasteiger partial charge is 0.480 e. The van der Waals surface area contributed by atoms with Crippen molar-refractivity contribution in [2.24, 2.45) is 5.92 Å². The summed E-state index contributed by atoms with van der Waals surface area (Å²) in [5.74, 6) is -0.332. The summed E-state index contributed by atoms with van der Waals surface area (Å²) in [5.41, 5.74) is 1.01. The molecule has 1 unspecified atom stereocenters. The number of carboxylic acids is 1. The second kappa shape index (κ2) is 8.48. The number of ether oxygens (including phenoxy) is 1. The standard InChI is InChI=1S/C20H29NO4/c1-20(2,3)25-10-9-17(19(23)24)21-18(22)13-14-11-16(12-14)15-7-5-4-6-8-15/h4-8,14,16-17H,9-13H2,1-3H3,(H,21,22)(H,23,24). The molecular weight excluding hydrogens is 318 g/mol. The first-order chi connectivity index (χ1) is 11.7. The summed E-state index contributed by atoms with van der Waals surface area (Å²) in [4.78, 5) is 23.5. The lowest BCUT2D eigenvalue weighted by Crippen LogP contribution is -2.43. The van der Waals surface area contributed by atoms with E-state index >= 15 is 0 Å². The first-order valence-corrected chi connectivity index (χ1v) is 8.95. The third-order valence-corrected chi connectivity index (χ3v) is 4.56. The average molecular weight is 347 g/mol. The first-order valence-electron chi connectivity index (χ1n) is 8.95. The molecule has 1 aromatic carbocycles. The summed E-state index contributed by atoms with van der Waals surface area (Å²) in [7, 11) is 0. The van der Waals surface area contributed by atoms with Crippen LogP contribution in [0.1, 0.15) is 57.9 Å². The minimum atomic E-state index is -1.01. The maximum absolute atomic E-state index is 12.1. The Labute approximate surface area is 149 Å². The fourth-order valence-electron chi connectivity index (χ4n) is 3.16. The number of rotatable bonds is 8. The third-order valence-electron chi connectivity index (χ3n) is 4.56. The van der Waals surface area contributed by atoms with Crippen molar-refractivity contribution >= 4 is 11.9 Å². The van der Waals surface area contributed by atoms with Crippen LogP contribution in [-0.4, -0.2) is 35.2 Å². The Bertz CT molecular complexity index is 573. The van der Waals surface area contributed by atoms with Gasteiger partial charge in [0.1, 0.15) is 6.04 Å². The molecule has 0 aliphatic heterocycles. The van der Waals surface area contributed by atoms with Crippen LogP contribution in [0, 0.1) is 5.92 Å². The topological polar surface area (TPSA) is 75.6 Å². The van der Waals surface area contributed by atoms with Gasteiger partial charge in [0.25, 0.3) is 0 Å². The van der Waals surface area contributed by atoms with E-state index in [4.69, 9.17) is 4.74 Å². The normalized spacial score (nSPS) is 21.2. The maximum Gasteiger partial charge on any atom is 0.326 e. The van der Waals surface area contributed by atoms with Crippen LogP contribution in [0.2, 0.25) is 0 Å². The van der Waals surface area contributed by atoms with Crippen LogP contribution in [0.25, 0.3) is 0 Å². The first kappa shape index (κ1) is 19.4. The molecule has 2 rings (SSSR count). The van der Waals surface area contributed by atoms with Gasteiger partial charge in [0, 0.05) is 19.4 Å². The summed E-state index contributed by atoms with van der Waals surface area (Å²) in [6.07, 6.45) is 2.65. The van der Waals surface area contributed by atoms with Crippen molar-refractivity contribution in [1.82, 2.24) is 5.32 Å². The molecule has 2 N–H and O–H groups in total. The van der Waals surface area contributed by atoms with Crippen LogP contribution < -0.4 is 5.32 Å². The predicted molar refractivity (Wildman–Crippen MR) is 96.4 cm³/mol. The molecule has 0 spiro atoms. The SMILES string of the molecule is CC(C)(C)OCCC(NC(=O)CC1CC(c2ccccc2)C1)C(=O)O. The molecule has 0 radical (unpaired) electrons. The fraction of sp³-hybridized carbons (Fsp3) is 0.600. The highest BCUT2D eigenvalue weighted by Gasteiger charge is 2.32. The number of carbonyl (C=O) groups excluding carboxylic acids is 1. The van der Waals surface area contributed by atoms with Gasteiger partial charge in [0.05, 0.1) is 5.60 Å². The van der Waals surface area contributed by atoms with Crippen LogP contribution >= 0.6 is 0 Å². The second-order valence-corrected chi connectivity index (χ2v) is 7.86. The lowest BCUT2D eigenvalue weighted by atomic mass is 9.70. The van der Waals surface area contributed by atoms with E-state index in [0.717, 1.165) is 12.8 Å². The van der Waals surface area contributed by atoms with E-state index in [-0.39, 0.29) is 17.9 Å². The van der Waals surface area contributed by atoms with Crippen molar-refractivity contribution in [2.45, 2.75) is 64.0 Å². The lowest BCUT2D eigenvalue weighted by Gasteiger charge is -2.35.